The Hall–Kier alpha value is -1.07. The monoisotopic (exact) mass is 300 g/mol. The lowest BCUT2D eigenvalue weighted by molar-refractivity contribution is -0.137. The Morgan fingerprint density at radius 2 is 1.71 bits per heavy atom. The topological polar surface area (TPSA) is 38.0 Å². The Balaban J connectivity index is 1.93. The Morgan fingerprint density at radius 3 is 2.24 bits per heavy atom. The third-order valence-corrected chi connectivity index (χ3v) is 4.43. The van der Waals surface area contributed by atoms with Crippen molar-refractivity contribution in [3.05, 3.63) is 35.4 Å². The summed E-state index contributed by atoms with van der Waals surface area (Å²) >= 11 is 0. The molecule has 1 fully saturated rings. The van der Waals surface area contributed by atoms with Gasteiger partial charge >= 0.3 is 6.18 Å². The molecule has 1 aromatic carbocycles. The minimum absolute atomic E-state index is 0.0748. The first-order valence-corrected chi connectivity index (χ1v) is 7.64. The summed E-state index contributed by atoms with van der Waals surface area (Å²) in [7, 11) is 0. The van der Waals surface area contributed by atoms with Gasteiger partial charge in [-0.2, -0.15) is 13.2 Å². The summed E-state index contributed by atoms with van der Waals surface area (Å²) in [6.07, 6.45) is 4.12. The van der Waals surface area contributed by atoms with Crippen LogP contribution in [0.2, 0.25) is 0 Å². The molecule has 0 heterocycles. The van der Waals surface area contributed by atoms with E-state index in [1.165, 1.54) is 44.2 Å². The van der Waals surface area contributed by atoms with Crippen molar-refractivity contribution in [1.82, 2.24) is 5.43 Å². The first-order chi connectivity index (χ1) is 10.0. The average molecular weight is 300 g/mol. The second-order valence-electron chi connectivity index (χ2n) is 5.92. The fourth-order valence-corrected chi connectivity index (χ4v) is 3.13. The molecular formula is C16H23F3N2. The van der Waals surface area contributed by atoms with Crippen LogP contribution >= 0.6 is 0 Å². The highest BCUT2D eigenvalue weighted by atomic mass is 19.4. The van der Waals surface area contributed by atoms with Gasteiger partial charge in [0.15, 0.2) is 0 Å². The van der Waals surface area contributed by atoms with E-state index in [9.17, 15) is 13.2 Å². The Kier molecular flexibility index (Phi) is 5.65. The van der Waals surface area contributed by atoms with Crippen LogP contribution in [0.15, 0.2) is 24.3 Å². The summed E-state index contributed by atoms with van der Waals surface area (Å²) in [6.45, 7) is 0. The molecule has 1 aromatic rings. The van der Waals surface area contributed by atoms with Gasteiger partial charge in [0.1, 0.15) is 0 Å². The van der Waals surface area contributed by atoms with E-state index in [2.05, 4.69) is 5.43 Å². The lowest BCUT2D eigenvalue weighted by atomic mass is 9.84. The van der Waals surface area contributed by atoms with Crippen molar-refractivity contribution in [3.8, 4) is 0 Å². The molecule has 0 bridgehead atoms. The van der Waals surface area contributed by atoms with E-state index in [1.807, 2.05) is 0 Å². The van der Waals surface area contributed by atoms with Gasteiger partial charge in [-0.3, -0.25) is 11.3 Å². The molecule has 0 saturated heterocycles. The number of halogens is 3. The van der Waals surface area contributed by atoms with Crippen LogP contribution in [0, 0.1) is 5.92 Å². The molecule has 1 atom stereocenters. The summed E-state index contributed by atoms with van der Waals surface area (Å²) in [5, 5.41) is 0. The second kappa shape index (κ2) is 7.27. The molecule has 5 heteroatoms. The second-order valence-corrected chi connectivity index (χ2v) is 5.92. The van der Waals surface area contributed by atoms with Crippen LogP contribution in [0.4, 0.5) is 13.2 Å². The number of nitrogens with two attached hydrogens (primary N) is 1. The van der Waals surface area contributed by atoms with Crippen molar-refractivity contribution in [1.29, 1.82) is 0 Å². The molecule has 0 spiro atoms. The van der Waals surface area contributed by atoms with Crippen LogP contribution in [0.25, 0.3) is 0 Å². The number of nitrogens with one attached hydrogen (secondary N) is 1. The molecule has 3 N–H and O–H groups in total. The molecule has 0 amide bonds. The van der Waals surface area contributed by atoms with Crippen molar-refractivity contribution >= 4 is 0 Å². The fourth-order valence-electron chi connectivity index (χ4n) is 3.13. The molecular weight excluding hydrogens is 277 g/mol. The maximum absolute atomic E-state index is 12.6. The number of benzene rings is 1. The molecule has 1 aliphatic rings. The quantitative estimate of drug-likeness (QED) is 0.617. The normalized spacial score (nSPS) is 18.7. The average Bonchev–Trinajstić information content (AvgIpc) is 2.48. The third kappa shape index (κ3) is 4.71. The van der Waals surface area contributed by atoms with Gasteiger partial charge in [-0.15, -0.1) is 0 Å². The van der Waals surface area contributed by atoms with Crippen LogP contribution in [0.3, 0.4) is 0 Å². The van der Waals surface area contributed by atoms with Gasteiger partial charge < -0.3 is 0 Å². The summed E-state index contributed by atoms with van der Waals surface area (Å²) in [6, 6.07) is 5.22. The summed E-state index contributed by atoms with van der Waals surface area (Å²) in [4.78, 5) is 0. The maximum Gasteiger partial charge on any atom is 0.416 e. The first-order valence-electron chi connectivity index (χ1n) is 7.64. The van der Waals surface area contributed by atoms with E-state index >= 15 is 0 Å². The third-order valence-electron chi connectivity index (χ3n) is 4.43. The molecule has 1 saturated carbocycles. The van der Waals surface area contributed by atoms with E-state index in [4.69, 9.17) is 5.84 Å². The number of hydrazine groups is 1. The maximum atomic E-state index is 12.6. The van der Waals surface area contributed by atoms with Crippen LogP contribution in [-0.2, 0) is 6.18 Å². The lowest BCUT2D eigenvalue weighted by Gasteiger charge is -2.24. The predicted octanol–water partition coefficient (Wildman–Crippen LogP) is 4.57. The zero-order valence-electron chi connectivity index (χ0n) is 12.1. The van der Waals surface area contributed by atoms with Crippen LogP contribution in [-0.4, -0.2) is 0 Å². The Labute approximate surface area is 123 Å². The number of alkyl halides is 3. The zero-order valence-corrected chi connectivity index (χ0v) is 12.1. The van der Waals surface area contributed by atoms with Gasteiger partial charge in [0.25, 0.3) is 0 Å². The highest BCUT2D eigenvalue weighted by Crippen LogP contribution is 2.32. The molecule has 118 valence electrons. The SMILES string of the molecule is NNC(CCC1CCCCC1)c1ccc(C(F)(F)F)cc1. The van der Waals surface area contributed by atoms with E-state index in [1.54, 1.807) is 0 Å². The number of hydrogen-bond acceptors (Lipinski definition) is 2. The van der Waals surface area contributed by atoms with Gasteiger partial charge in [-0.1, -0.05) is 44.2 Å². The van der Waals surface area contributed by atoms with E-state index < -0.39 is 11.7 Å². The zero-order chi connectivity index (χ0) is 15.3. The highest BCUT2D eigenvalue weighted by Gasteiger charge is 2.30. The van der Waals surface area contributed by atoms with Gasteiger partial charge in [0.2, 0.25) is 0 Å². The van der Waals surface area contributed by atoms with E-state index in [0.29, 0.717) is 0 Å². The van der Waals surface area contributed by atoms with Crippen LogP contribution in [0.1, 0.15) is 62.1 Å². The predicted molar refractivity (Wildman–Crippen MR) is 77.3 cm³/mol. The van der Waals surface area contributed by atoms with E-state index in [-0.39, 0.29) is 6.04 Å². The molecule has 21 heavy (non-hydrogen) atoms. The smallest absolute Gasteiger partial charge is 0.271 e. The molecule has 2 nitrogen and oxygen atoms in total. The minimum Gasteiger partial charge on any atom is -0.271 e. The van der Waals surface area contributed by atoms with E-state index in [0.717, 1.165) is 36.5 Å². The van der Waals surface area contributed by atoms with Gasteiger partial charge in [0.05, 0.1) is 5.56 Å². The summed E-state index contributed by atoms with van der Waals surface area (Å²) in [5.74, 6) is 6.31. The molecule has 2 rings (SSSR count). The van der Waals surface area contributed by atoms with Crippen LogP contribution < -0.4 is 11.3 Å². The summed E-state index contributed by atoms with van der Waals surface area (Å²) < 4.78 is 37.7. The van der Waals surface area contributed by atoms with Gasteiger partial charge in [0, 0.05) is 6.04 Å². The number of hydrogen-bond donors (Lipinski definition) is 2. The summed E-state index contributed by atoms with van der Waals surface area (Å²) in [5.41, 5.74) is 2.94. The van der Waals surface area contributed by atoms with Crippen LogP contribution in [0.5, 0.6) is 0 Å². The van der Waals surface area contributed by atoms with Crippen molar-refractivity contribution in [2.75, 3.05) is 0 Å². The molecule has 0 aliphatic heterocycles. The standard InChI is InChI=1S/C16H23F3N2/c17-16(18,19)14-9-7-13(8-10-14)15(21-20)11-6-12-4-2-1-3-5-12/h7-10,12,15,21H,1-6,11,20H2. The molecule has 0 radical (unpaired) electrons. The fraction of sp³-hybridized carbons (Fsp3) is 0.625. The molecule has 1 aliphatic carbocycles. The molecule has 0 aromatic heterocycles. The van der Waals surface area contributed by atoms with Crippen molar-refractivity contribution < 1.29 is 13.2 Å². The van der Waals surface area contributed by atoms with Crippen molar-refractivity contribution in [3.63, 3.8) is 0 Å². The highest BCUT2D eigenvalue weighted by molar-refractivity contribution is 5.26. The van der Waals surface area contributed by atoms with Gasteiger partial charge in [-0.25, -0.2) is 0 Å². The van der Waals surface area contributed by atoms with Gasteiger partial charge in [-0.05, 0) is 36.5 Å². The van der Waals surface area contributed by atoms with Crippen molar-refractivity contribution in [2.24, 2.45) is 11.8 Å². The Morgan fingerprint density at radius 1 is 1.10 bits per heavy atom. The minimum atomic E-state index is -4.29. The Bertz CT molecular complexity index is 422. The van der Waals surface area contributed by atoms with Crippen molar-refractivity contribution in [2.45, 2.75) is 57.2 Å². The largest absolute Gasteiger partial charge is 0.416 e. The first kappa shape index (κ1) is 16.3. The lowest BCUT2D eigenvalue weighted by Crippen LogP contribution is -2.28. The number of rotatable bonds is 5. The molecule has 1 unspecified atom stereocenters.